The molecule has 0 unspecified atom stereocenters. The van der Waals surface area contributed by atoms with Gasteiger partial charge in [-0.3, -0.25) is 15.1 Å². The highest BCUT2D eigenvalue weighted by Gasteiger charge is 2.41. The summed E-state index contributed by atoms with van der Waals surface area (Å²) in [4.78, 5) is 30.5. The summed E-state index contributed by atoms with van der Waals surface area (Å²) in [5.74, 6) is -0.296. The molecule has 9 N–H and O–H groups in total. The van der Waals surface area contributed by atoms with Gasteiger partial charge in [-0.15, -0.1) is 0 Å². The summed E-state index contributed by atoms with van der Waals surface area (Å²) in [6.07, 6.45) is -0.622. The molecule has 1 aromatic rings. The molecule has 0 amide bonds. The van der Waals surface area contributed by atoms with E-state index in [4.69, 9.17) is 16.2 Å². The second-order valence-electron chi connectivity index (χ2n) is 6.41. The lowest BCUT2D eigenvalue weighted by molar-refractivity contribution is -0.161. The number of hydrogen-bond donors (Lipinski definition) is 7. The van der Waals surface area contributed by atoms with E-state index < -0.39 is 35.4 Å². The summed E-state index contributed by atoms with van der Waals surface area (Å²) < 4.78 is 5.32. The highest BCUT2D eigenvalue weighted by Crippen LogP contribution is 2.23. The number of hydrogen-bond acceptors (Lipinski definition) is 10. The van der Waals surface area contributed by atoms with E-state index in [1.165, 1.54) is 0 Å². The molecule has 0 aliphatic carbocycles. The second kappa shape index (κ2) is 6.50. The van der Waals surface area contributed by atoms with Gasteiger partial charge in [0, 0.05) is 6.54 Å². The molecule has 11 nitrogen and oxygen atoms in total. The first kappa shape index (κ1) is 17.5. The van der Waals surface area contributed by atoms with Crippen LogP contribution in [0.2, 0.25) is 0 Å². The fraction of sp³-hybridized carbons (Fsp3) is 0.643. The van der Waals surface area contributed by atoms with Crippen molar-refractivity contribution < 1.29 is 14.6 Å². The van der Waals surface area contributed by atoms with Gasteiger partial charge in [-0.05, 0) is 26.3 Å². The van der Waals surface area contributed by atoms with Crippen LogP contribution in [0.4, 0.5) is 17.5 Å². The van der Waals surface area contributed by atoms with E-state index in [2.05, 4.69) is 25.9 Å². The number of ether oxygens (including phenoxy) is 1. The van der Waals surface area contributed by atoms with Gasteiger partial charge in [-0.2, -0.15) is 4.98 Å². The predicted octanol–water partition coefficient (Wildman–Crippen LogP) is -2.11. The van der Waals surface area contributed by atoms with Crippen LogP contribution in [0.3, 0.4) is 0 Å². The molecule has 3 rings (SSSR count). The van der Waals surface area contributed by atoms with E-state index in [1.807, 2.05) is 0 Å². The zero-order chi connectivity index (χ0) is 18.2. The van der Waals surface area contributed by atoms with E-state index in [9.17, 15) is 14.7 Å². The minimum Gasteiger partial charge on any atom is -0.457 e. The van der Waals surface area contributed by atoms with Crippen molar-refractivity contribution in [3.63, 3.8) is 0 Å². The van der Waals surface area contributed by atoms with Gasteiger partial charge in [-0.1, -0.05) is 0 Å². The maximum atomic E-state index is 12.2. The van der Waals surface area contributed by atoms with Gasteiger partial charge < -0.3 is 31.9 Å². The second-order valence-corrected chi connectivity index (χ2v) is 6.41. The van der Waals surface area contributed by atoms with E-state index in [1.54, 1.807) is 6.92 Å². The molecule has 1 saturated heterocycles. The number of aliphatic hydroxyl groups excluding tert-OH is 1. The lowest BCUT2D eigenvalue weighted by Crippen LogP contribution is -2.58. The van der Waals surface area contributed by atoms with Crippen LogP contribution in [-0.2, 0) is 9.53 Å². The third kappa shape index (κ3) is 3.38. The number of esters is 1. The fourth-order valence-electron chi connectivity index (χ4n) is 3.01. The average Bonchev–Trinajstić information content (AvgIpc) is 3.02. The molecule has 0 bridgehead atoms. The number of rotatable bonds is 4. The lowest BCUT2D eigenvalue weighted by atomic mass is 10.0. The number of aliphatic hydroxyl groups is 1. The van der Waals surface area contributed by atoms with Gasteiger partial charge in [0.15, 0.2) is 11.5 Å². The third-order valence-corrected chi connectivity index (χ3v) is 4.50. The SMILES string of the molecule is C[C@H](OC(=O)[C@]1(N)CCCN1)[C@H](O)[C@H]1CNc2nc(N)[nH]c(=O)c2N1. The Kier molecular flexibility index (Phi) is 4.54. The Hall–Kier alpha value is -2.37. The van der Waals surface area contributed by atoms with Gasteiger partial charge in [0.2, 0.25) is 5.95 Å². The fourth-order valence-corrected chi connectivity index (χ4v) is 3.01. The zero-order valence-electron chi connectivity index (χ0n) is 13.8. The Balaban J connectivity index is 1.66. The van der Waals surface area contributed by atoms with E-state index in [-0.39, 0.29) is 18.2 Å². The van der Waals surface area contributed by atoms with Crippen LogP contribution in [0.5, 0.6) is 0 Å². The predicted molar refractivity (Wildman–Crippen MR) is 90.9 cm³/mol. The first-order valence-electron chi connectivity index (χ1n) is 8.13. The monoisotopic (exact) mass is 353 g/mol. The van der Waals surface area contributed by atoms with Gasteiger partial charge in [-0.25, -0.2) is 4.79 Å². The molecular weight excluding hydrogens is 330 g/mol. The van der Waals surface area contributed by atoms with Gasteiger partial charge in [0.25, 0.3) is 5.56 Å². The van der Waals surface area contributed by atoms with Crippen LogP contribution in [0.15, 0.2) is 4.79 Å². The molecule has 1 aromatic heterocycles. The van der Waals surface area contributed by atoms with Gasteiger partial charge in [0.05, 0.1) is 6.04 Å². The molecule has 3 heterocycles. The molecule has 138 valence electrons. The molecule has 25 heavy (non-hydrogen) atoms. The number of nitrogen functional groups attached to an aromatic ring is 1. The Bertz CT molecular complexity index is 716. The number of aromatic nitrogens is 2. The number of nitrogens with zero attached hydrogens (tertiary/aromatic N) is 1. The number of anilines is 3. The number of nitrogens with two attached hydrogens (primary N) is 2. The van der Waals surface area contributed by atoms with Crippen molar-refractivity contribution in [3.8, 4) is 0 Å². The Labute approximate surface area is 143 Å². The quantitative estimate of drug-likeness (QED) is 0.296. The molecule has 0 aromatic carbocycles. The van der Waals surface area contributed by atoms with Crippen LogP contribution in [0.1, 0.15) is 19.8 Å². The van der Waals surface area contributed by atoms with Crippen molar-refractivity contribution in [1.82, 2.24) is 15.3 Å². The summed E-state index contributed by atoms with van der Waals surface area (Å²) in [6, 6.07) is -0.563. The van der Waals surface area contributed by atoms with E-state index in [0.717, 1.165) is 6.42 Å². The van der Waals surface area contributed by atoms with E-state index >= 15 is 0 Å². The minimum atomic E-state index is -1.21. The van der Waals surface area contributed by atoms with E-state index in [0.29, 0.717) is 18.8 Å². The molecule has 2 aliphatic rings. The van der Waals surface area contributed by atoms with Crippen LogP contribution in [-0.4, -0.2) is 58.0 Å². The molecule has 11 heteroatoms. The number of H-pyrrole nitrogens is 1. The highest BCUT2D eigenvalue weighted by molar-refractivity contribution is 5.80. The van der Waals surface area contributed by atoms with Crippen LogP contribution in [0.25, 0.3) is 0 Å². The number of aromatic amines is 1. The molecule has 0 saturated carbocycles. The van der Waals surface area contributed by atoms with Crippen molar-refractivity contribution in [1.29, 1.82) is 0 Å². The van der Waals surface area contributed by atoms with Crippen LogP contribution in [0, 0.1) is 0 Å². The molecule has 0 spiro atoms. The van der Waals surface area contributed by atoms with Gasteiger partial charge >= 0.3 is 5.97 Å². The largest absolute Gasteiger partial charge is 0.457 e. The topological polar surface area (TPSA) is 180 Å². The highest BCUT2D eigenvalue weighted by atomic mass is 16.6. The number of nitrogens with one attached hydrogen (secondary N) is 4. The summed E-state index contributed by atoms with van der Waals surface area (Å²) in [6.45, 7) is 2.49. The van der Waals surface area contributed by atoms with Crippen molar-refractivity contribution in [2.45, 2.75) is 43.7 Å². The first-order chi connectivity index (χ1) is 11.8. The van der Waals surface area contributed by atoms with Crippen molar-refractivity contribution in [2.24, 2.45) is 5.73 Å². The van der Waals surface area contributed by atoms with Crippen molar-refractivity contribution in [2.75, 3.05) is 29.5 Å². The third-order valence-electron chi connectivity index (χ3n) is 4.50. The standard InChI is InChI=1S/C14H23N7O4/c1-6(25-12(24)14(16)3-2-4-18-14)9(22)7-5-17-10-8(19-7)11(23)21-13(15)20-10/h6-7,9,18-19,22H,2-5,16H2,1H3,(H4,15,17,20,21,23)/t6-,7+,9-,14-/m0/s1. The number of carbonyl (C=O) groups excluding carboxylic acids is 1. The number of fused-ring (bicyclic) bond motifs is 1. The molecule has 2 aliphatic heterocycles. The Morgan fingerprint density at radius 3 is 2.96 bits per heavy atom. The molecule has 0 radical (unpaired) electrons. The van der Waals surface area contributed by atoms with Gasteiger partial charge in [0.1, 0.15) is 17.9 Å². The van der Waals surface area contributed by atoms with Crippen LogP contribution < -0.4 is 33.0 Å². The number of carbonyl (C=O) groups is 1. The first-order valence-corrected chi connectivity index (χ1v) is 8.13. The summed E-state index contributed by atoms with van der Waals surface area (Å²) in [5.41, 5.74) is 9.97. The molecule has 1 fully saturated rings. The maximum Gasteiger partial charge on any atom is 0.341 e. The summed E-state index contributed by atoms with van der Waals surface area (Å²) >= 11 is 0. The van der Waals surface area contributed by atoms with Crippen molar-refractivity contribution >= 4 is 23.4 Å². The van der Waals surface area contributed by atoms with Crippen LogP contribution >= 0.6 is 0 Å². The average molecular weight is 353 g/mol. The van der Waals surface area contributed by atoms with Crippen molar-refractivity contribution in [3.05, 3.63) is 10.4 Å². The molecule has 4 atom stereocenters. The molecular formula is C14H23N7O4. The minimum absolute atomic E-state index is 0.00310. The Morgan fingerprint density at radius 1 is 1.52 bits per heavy atom. The smallest absolute Gasteiger partial charge is 0.341 e. The lowest BCUT2D eigenvalue weighted by Gasteiger charge is -2.34. The zero-order valence-corrected chi connectivity index (χ0v) is 13.8. The maximum absolute atomic E-state index is 12.2. The summed E-state index contributed by atoms with van der Waals surface area (Å²) in [7, 11) is 0. The summed E-state index contributed by atoms with van der Waals surface area (Å²) in [5, 5.41) is 19.2. The Morgan fingerprint density at radius 2 is 2.28 bits per heavy atom. The normalized spacial score (nSPS) is 27.6.